The molecular weight excluding hydrogens is 226 g/mol. The summed E-state index contributed by atoms with van der Waals surface area (Å²) in [7, 11) is 1.83. The number of hydrogen-bond donors (Lipinski definition) is 1. The molecule has 0 bridgehead atoms. The molecule has 0 aromatic carbocycles. The molecule has 1 unspecified atom stereocenters. The van der Waals surface area contributed by atoms with E-state index in [0.29, 0.717) is 5.41 Å². The van der Waals surface area contributed by atoms with E-state index in [1.54, 1.807) is 11.1 Å². The maximum atomic E-state index is 12.4. The average Bonchev–Trinajstić information content (AvgIpc) is 3.12. The van der Waals surface area contributed by atoms with Gasteiger partial charge < -0.3 is 5.32 Å². The minimum atomic E-state index is 0.214. The maximum absolute atomic E-state index is 12.4. The molecule has 1 saturated heterocycles. The molecule has 4 heteroatoms. The Morgan fingerprint density at radius 1 is 1.44 bits per heavy atom. The number of hydrogen-bond acceptors (Lipinski definition) is 3. The van der Waals surface area contributed by atoms with E-state index in [2.05, 4.69) is 10.3 Å². The van der Waals surface area contributed by atoms with Crippen molar-refractivity contribution in [3.63, 3.8) is 0 Å². The molecular formula is C14H19N3O. The van der Waals surface area contributed by atoms with Crippen LogP contribution in [-0.4, -0.2) is 31.0 Å². The van der Waals surface area contributed by atoms with E-state index in [0.717, 1.165) is 38.2 Å². The van der Waals surface area contributed by atoms with Gasteiger partial charge in [0.1, 0.15) is 5.82 Å². The second-order valence-corrected chi connectivity index (χ2v) is 5.45. The summed E-state index contributed by atoms with van der Waals surface area (Å²) >= 11 is 0. The zero-order chi connectivity index (χ0) is 12.6. The third-order valence-corrected chi connectivity index (χ3v) is 4.41. The van der Waals surface area contributed by atoms with Gasteiger partial charge in [-0.25, -0.2) is 4.98 Å². The molecule has 2 heterocycles. The maximum Gasteiger partial charge on any atom is 0.231 e. The van der Waals surface area contributed by atoms with E-state index in [9.17, 15) is 4.79 Å². The van der Waals surface area contributed by atoms with Crippen LogP contribution in [-0.2, 0) is 4.79 Å². The van der Waals surface area contributed by atoms with Crippen LogP contribution >= 0.6 is 0 Å². The summed E-state index contributed by atoms with van der Waals surface area (Å²) in [6.45, 7) is 2.11. The fraction of sp³-hybridized carbons (Fsp3) is 0.571. The van der Waals surface area contributed by atoms with Crippen molar-refractivity contribution in [2.45, 2.75) is 19.3 Å². The van der Waals surface area contributed by atoms with Crippen LogP contribution in [0.1, 0.15) is 19.3 Å². The lowest BCUT2D eigenvalue weighted by Crippen LogP contribution is -2.34. The molecule has 1 aliphatic carbocycles. The fourth-order valence-corrected chi connectivity index (χ4v) is 3.07. The molecule has 2 aliphatic rings. The van der Waals surface area contributed by atoms with Crippen LogP contribution in [0.15, 0.2) is 24.4 Å². The Labute approximate surface area is 107 Å². The highest BCUT2D eigenvalue weighted by Gasteiger charge is 2.58. The van der Waals surface area contributed by atoms with Crippen molar-refractivity contribution in [2.75, 3.05) is 25.0 Å². The van der Waals surface area contributed by atoms with E-state index >= 15 is 0 Å². The number of amides is 1. The van der Waals surface area contributed by atoms with E-state index in [1.165, 1.54) is 0 Å². The summed E-state index contributed by atoms with van der Waals surface area (Å²) in [5.41, 5.74) is 0.297. The molecule has 96 valence electrons. The SMILES string of the molecule is CN(C(=O)C1CC12CCNCC2)c1ccccn1. The third kappa shape index (κ3) is 1.90. The minimum absolute atomic E-state index is 0.214. The molecule has 1 aromatic rings. The molecule has 2 fully saturated rings. The Morgan fingerprint density at radius 2 is 2.22 bits per heavy atom. The van der Waals surface area contributed by atoms with Crippen LogP contribution in [0.2, 0.25) is 0 Å². The quantitative estimate of drug-likeness (QED) is 0.857. The summed E-state index contributed by atoms with van der Waals surface area (Å²) in [6, 6.07) is 5.67. The van der Waals surface area contributed by atoms with Crippen molar-refractivity contribution in [1.82, 2.24) is 10.3 Å². The first kappa shape index (κ1) is 11.7. The first-order valence-electron chi connectivity index (χ1n) is 6.62. The third-order valence-electron chi connectivity index (χ3n) is 4.41. The molecule has 1 amide bonds. The molecule has 0 radical (unpaired) electrons. The number of carbonyl (C=O) groups is 1. The molecule has 1 aliphatic heterocycles. The Balaban J connectivity index is 1.69. The summed E-state index contributed by atoms with van der Waals surface area (Å²) in [5.74, 6) is 1.20. The molecule has 3 rings (SSSR count). The summed E-state index contributed by atoms with van der Waals surface area (Å²) in [4.78, 5) is 18.4. The van der Waals surface area contributed by atoms with Gasteiger partial charge in [-0.05, 0) is 49.9 Å². The summed E-state index contributed by atoms with van der Waals surface area (Å²) in [5, 5.41) is 3.36. The number of rotatable bonds is 2. The first-order valence-corrected chi connectivity index (χ1v) is 6.62. The highest BCUT2D eigenvalue weighted by atomic mass is 16.2. The van der Waals surface area contributed by atoms with Gasteiger partial charge in [0.25, 0.3) is 0 Å². The standard InChI is InChI=1S/C14H19N3O/c1-17(12-4-2-3-7-16-12)13(18)11-10-14(11)5-8-15-9-6-14/h2-4,7,11,15H,5-6,8-10H2,1H3. The topological polar surface area (TPSA) is 45.2 Å². The number of pyridine rings is 1. The van der Waals surface area contributed by atoms with E-state index in [4.69, 9.17) is 0 Å². The van der Waals surface area contributed by atoms with E-state index in [1.807, 2.05) is 25.2 Å². The highest BCUT2D eigenvalue weighted by Crippen LogP contribution is 2.59. The van der Waals surface area contributed by atoms with Crippen molar-refractivity contribution >= 4 is 11.7 Å². The average molecular weight is 245 g/mol. The van der Waals surface area contributed by atoms with Crippen LogP contribution in [0, 0.1) is 11.3 Å². The Bertz CT molecular complexity index is 440. The minimum Gasteiger partial charge on any atom is -0.317 e. The molecule has 4 nitrogen and oxygen atoms in total. The van der Waals surface area contributed by atoms with Gasteiger partial charge in [-0.3, -0.25) is 9.69 Å². The summed E-state index contributed by atoms with van der Waals surface area (Å²) in [6.07, 6.45) is 5.07. The van der Waals surface area contributed by atoms with Crippen molar-refractivity contribution in [2.24, 2.45) is 11.3 Å². The van der Waals surface area contributed by atoms with Crippen LogP contribution < -0.4 is 10.2 Å². The Kier molecular flexibility index (Phi) is 2.82. The smallest absolute Gasteiger partial charge is 0.231 e. The second kappa shape index (κ2) is 4.35. The largest absolute Gasteiger partial charge is 0.317 e. The van der Waals surface area contributed by atoms with E-state index in [-0.39, 0.29) is 11.8 Å². The molecule has 1 atom stereocenters. The van der Waals surface area contributed by atoms with Gasteiger partial charge in [0.2, 0.25) is 5.91 Å². The predicted molar refractivity (Wildman–Crippen MR) is 70.3 cm³/mol. The van der Waals surface area contributed by atoms with Crippen LogP contribution in [0.3, 0.4) is 0 Å². The summed E-state index contributed by atoms with van der Waals surface area (Å²) < 4.78 is 0. The monoisotopic (exact) mass is 245 g/mol. The molecule has 1 N–H and O–H groups in total. The van der Waals surface area contributed by atoms with E-state index < -0.39 is 0 Å². The lowest BCUT2D eigenvalue weighted by Gasteiger charge is -2.24. The van der Waals surface area contributed by atoms with Crippen LogP contribution in [0.5, 0.6) is 0 Å². The molecule has 1 aromatic heterocycles. The Hall–Kier alpha value is -1.42. The lowest BCUT2D eigenvalue weighted by atomic mass is 9.91. The number of nitrogens with one attached hydrogen (secondary N) is 1. The van der Waals surface area contributed by atoms with Gasteiger partial charge in [-0.15, -0.1) is 0 Å². The lowest BCUT2D eigenvalue weighted by molar-refractivity contribution is -0.120. The van der Waals surface area contributed by atoms with Gasteiger partial charge >= 0.3 is 0 Å². The van der Waals surface area contributed by atoms with Crippen molar-refractivity contribution in [3.05, 3.63) is 24.4 Å². The van der Waals surface area contributed by atoms with Crippen LogP contribution in [0.25, 0.3) is 0 Å². The van der Waals surface area contributed by atoms with Crippen LogP contribution in [0.4, 0.5) is 5.82 Å². The van der Waals surface area contributed by atoms with Crippen molar-refractivity contribution in [3.8, 4) is 0 Å². The number of piperidine rings is 1. The first-order chi connectivity index (χ1) is 8.73. The van der Waals surface area contributed by atoms with Gasteiger partial charge in [-0.2, -0.15) is 0 Å². The number of anilines is 1. The number of nitrogens with zero attached hydrogens (tertiary/aromatic N) is 2. The predicted octanol–water partition coefficient (Wildman–Crippen LogP) is 1.43. The van der Waals surface area contributed by atoms with Gasteiger partial charge in [-0.1, -0.05) is 6.07 Å². The molecule has 1 spiro atoms. The zero-order valence-electron chi connectivity index (χ0n) is 10.7. The number of carbonyl (C=O) groups excluding carboxylic acids is 1. The van der Waals surface area contributed by atoms with Gasteiger partial charge in [0.15, 0.2) is 0 Å². The van der Waals surface area contributed by atoms with Crippen molar-refractivity contribution in [1.29, 1.82) is 0 Å². The normalized spacial score (nSPS) is 24.8. The molecule has 1 saturated carbocycles. The van der Waals surface area contributed by atoms with Crippen molar-refractivity contribution < 1.29 is 4.79 Å². The Morgan fingerprint density at radius 3 is 2.89 bits per heavy atom. The number of aromatic nitrogens is 1. The zero-order valence-corrected chi connectivity index (χ0v) is 10.7. The van der Waals surface area contributed by atoms with Gasteiger partial charge in [0.05, 0.1) is 0 Å². The van der Waals surface area contributed by atoms with Gasteiger partial charge in [0, 0.05) is 19.2 Å². The highest BCUT2D eigenvalue weighted by molar-refractivity contribution is 5.96. The molecule has 18 heavy (non-hydrogen) atoms. The fourth-order valence-electron chi connectivity index (χ4n) is 3.07. The second-order valence-electron chi connectivity index (χ2n) is 5.45.